The number of benzene rings is 1. The summed E-state index contributed by atoms with van der Waals surface area (Å²) in [5, 5.41) is 0. The molecular weight excluding hydrogens is 176 g/mol. The molecule has 0 radical (unpaired) electrons. The van der Waals surface area contributed by atoms with Gasteiger partial charge in [0.2, 0.25) is 0 Å². The van der Waals surface area contributed by atoms with E-state index in [0.29, 0.717) is 5.75 Å². The summed E-state index contributed by atoms with van der Waals surface area (Å²) in [5.41, 5.74) is 0.769. The molecule has 0 bridgehead atoms. The first-order valence-corrected chi connectivity index (χ1v) is 4.59. The monoisotopic (exact) mass is 192 g/mol. The summed E-state index contributed by atoms with van der Waals surface area (Å²) in [6.45, 7) is 9.48. The Morgan fingerprint density at radius 3 is 2.14 bits per heavy atom. The van der Waals surface area contributed by atoms with Gasteiger partial charge in [-0.05, 0) is 38.5 Å². The third-order valence-electron chi connectivity index (χ3n) is 1.50. The lowest BCUT2D eigenvalue weighted by Crippen LogP contribution is -2.21. The van der Waals surface area contributed by atoms with Crippen LogP contribution in [0, 0.1) is 0 Å². The highest BCUT2D eigenvalue weighted by atomic mass is 17.2. The SMILES string of the molecule is C=Cc1ccc(OOC(C)(C)C)cc1. The Morgan fingerprint density at radius 2 is 1.71 bits per heavy atom. The van der Waals surface area contributed by atoms with Gasteiger partial charge in [-0.3, -0.25) is 0 Å². The maximum atomic E-state index is 5.16. The Labute approximate surface area is 85.1 Å². The maximum absolute atomic E-state index is 5.16. The minimum absolute atomic E-state index is 0.295. The van der Waals surface area contributed by atoms with Crippen molar-refractivity contribution in [3.8, 4) is 5.75 Å². The second-order valence-corrected chi connectivity index (χ2v) is 4.05. The Morgan fingerprint density at radius 1 is 1.14 bits per heavy atom. The Bertz CT molecular complexity index is 293. The van der Waals surface area contributed by atoms with E-state index in [-0.39, 0.29) is 5.60 Å². The Hall–Kier alpha value is -1.28. The minimum Gasteiger partial charge on any atom is -0.337 e. The molecule has 0 N–H and O–H groups in total. The van der Waals surface area contributed by atoms with E-state index in [2.05, 4.69) is 6.58 Å². The lowest BCUT2D eigenvalue weighted by Gasteiger charge is -2.17. The van der Waals surface area contributed by atoms with E-state index >= 15 is 0 Å². The van der Waals surface area contributed by atoms with Crippen molar-refractivity contribution >= 4 is 6.08 Å². The van der Waals surface area contributed by atoms with Crippen molar-refractivity contribution in [1.29, 1.82) is 0 Å². The van der Waals surface area contributed by atoms with Crippen LogP contribution in [0.1, 0.15) is 26.3 Å². The summed E-state index contributed by atoms with van der Waals surface area (Å²) in [5.74, 6) is 0.700. The molecule has 0 aliphatic carbocycles. The molecule has 0 amide bonds. The zero-order valence-electron chi connectivity index (χ0n) is 8.91. The van der Waals surface area contributed by atoms with Gasteiger partial charge in [0.15, 0.2) is 5.75 Å². The van der Waals surface area contributed by atoms with Crippen molar-refractivity contribution in [2.24, 2.45) is 0 Å². The van der Waals surface area contributed by atoms with Gasteiger partial charge in [-0.25, -0.2) is 0 Å². The van der Waals surface area contributed by atoms with Crippen LogP contribution in [0.4, 0.5) is 0 Å². The number of rotatable bonds is 3. The average molecular weight is 192 g/mol. The highest BCUT2D eigenvalue weighted by Crippen LogP contribution is 2.16. The summed E-state index contributed by atoms with van der Waals surface area (Å²) >= 11 is 0. The van der Waals surface area contributed by atoms with Crippen LogP contribution >= 0.6 is 0 Å². The van der Waals surface area contributed by atoms with Crippen LogP contribution in [0.2, 0.25) is 0 Å². The van der Waals surface area contributed by atoms with Gasteiger partial charge >= 0.3 is 0 Å². The molecule has 1 rings (SSSR count). The largest absolute Gasteiger partial charge is 0.337 e. The molecule has 0 unspecified atom stereocenters. The zero-order chi connectivity index (χ0) is 10.6. The molecule has 2 heteroatoms. The highest BCUT2D eigenvalue weighted by Gasteiger charge is 2.12. The molecule has 0 heterocycles. The third kappa shape index (κ3) is 3.62. The number of hydrogen-bond donors (Lipinski definition) is 0. The van der Waals surface area contributed by atoms with Crippen LogP contribution in [0.3, 0.4) is 0 Å². The van der Waals surface area contributed by atoms with Crippen molar-refractivity contribution in [3.05, 3.63) is 36.4 Å². The smallest absolute Gasteiger partial charge is 0.165 e. The van der Waals surface area contributed by atoms with E-state index in [0.717, 1.165) is 5.56 Å². The van der Waals surface area contributed by atoms with Crippen molar-refractivity contribution in [2.45, 2.75) is 26.4 Å². The second kappa shape index (κ2) is 4.29. The van der Waals surface area contributed by atoms with Crippen LogP contribution in [-0.2, 0) is 4.89 Å². The molecule has 1 aromatic rings. The van der Waals surface area contributed by atoms with E-state index in [1.807, 2.05) is 45.0 Å². The molecule has 0 aliphatic heterocycles. The predicted octanol–water partition coefficient (Wildman–Crippen LogP) is 3.44. The van der Waals surface area contributed by atoms with E-state index in [1.165, 1.54) is 0 Å². The molecule has 0 aromatic heterocycles. The molecule has 14 heavy (non-hydrogen) atoms. The van der Waals surface area contributed by atoms with Crippen LogP contribution in [0.5, 0.6) is 5.75 Å². The Kier molecular flexibility index (Phi) is 3.31. The quantitative estimate of drug-likeness (QED) is 0.539. The first-order chi connectivity index (χ1) is 6.51. The fraction of sp³-hybridized carbons (Fsp3) is 0.333. The maximum Gasteiger partial charge on any atom is 0.165 e. The summed E-state index contributed by atoms with van der Waals surface area (Å²) in [7, 11) is 0. The van der Waals surface area contributed by atoms with Crippen LogP contribution in [0.25, 0.3) is 6.08 Å². The van der Waals surface area contributed by atoms with Crippen molar-refractivity contribution < 1.29 is 9.78 Å². The molecule has 0 atom stereocenters. The topological polar surface area (TPSA) is 18.5 Å². The van der Waals surface area contributed by atoms with Gasteiger partial charge in [0.1, 0.15) is 5.60 Å². The summed E-state index contributed by atoms with van der Waals surface area (Å²) < 4.78 is 0. The Balaban J connectivity index is 2.56. The fourth-order valence-electron chi connectivity index (χ4n) is 0.833. The van der Waals surface area contributed by atoms with Gasteiger partial charge < -0.3 is 4.89 Å². The highest BCUT2D eigenvalue weighted by molar-refractivity contribution is 5.48. The molecule has 0 saturated heterocycles. The van der Waals surface area contributed by atoms with Crippen molar-refractivity contribution in [2.75, 3.05) is 0 Å². The normalized spacial score (nSPS) is 11.1. The summed E-state index contributed by atoms with van der Waals surface area (Å²) in [4.78, 5) is 10.3. The summed E-state index contributed by atoms with van der Waals surface area (Å²) in [6.07, 6.45) is 1.79. The molecule has 0 aliphatic rings. The molecule has 1 aromatic carbocycles. The van der Waals surface area contributed by atoms with Crippen LogP contribution < -0.4 is 4.89 Å². The van der Waals surface area contributed by atoms with Crippen molar-refractivity contribution in [3.63, 3.8) is 0 Å². The first-order valence-electron chi connectivity index (χ1n) is 4.59. The molecular formula is C12H16O2. The molecule has 0 saturated carbocycles. The van der Waals surface area contributed by atoms with Gasteiger partial charge in [-0.15, -0.1) is 0 Å². The molecule has 2 nitrogen and oxygen atoms in total. The fourth-order valence-corrected chi connectivity index (χ4v) is 0.833. The molecule has 0 spiro atoms. The first kappa shape index (κ1) is 10.8. The van der Waals surface area contributed by atoms with Gasteiger partial charge in [0.05, 0.1) is 0 Å². The lowest BCUT2D eigenvalue weighted by atomic mass is 10.2. The molecule has 0 fully saturated rings. The zero-order valence-corrected chi connectivity index (χ0v) is 8.91. The van der Waals surface area contributed by atoms with E-state index in [4.69, 9.17) is 9.78 Å². The minimum atomic E-state index is -0.295. The summed E-state index contributed by atoms with van der Waals surface area (Å²) in [6, 6.07) is 7.55. The van der Waals surface area contributed by atoms with Crippen LogP contribution in [0.15, 0.2) is 30.8 Å². The van der Waals surface area contributed by atoms with E-state index in [9.17, 15) is 0 Å². The predicted molar refractivity (Wildman–Crippen MR) is 58.0 cm³/mol. The second-order valence-electron chi connectivity index (χ2n) is 4.05. The molecule has 76 valence electrons. The average Bonchev–Trinajstić information content (AvgIpc) is 2.14. The van der Waals surface area contributed by atoms with Crippen LogP contribution in [-0.4, -0.2) is 5.60 Å². The third-order valence-corrected chi connectivity index (χ3v) is 1.50. The standard InChI is InChI=1S/C12H16O2/c1-5-10-6-8-11(9-7-10)13-14-12(2,3)4/h5-9H,1H2,2-4H3. The van der Waals surface area contributed by atoms with Gasteiger partial charge in [0, 0.05) is 0 Å². The lowest BCUT2D eigenvalue weighted by molar-refractivity contribution is -0.274. The van der Waals surface area contributed by atoms with Crippen molar-refractivity contribution in [1.82, 2.24) is 0 Å². The van der Waals surface area contributed by atoms with Gasteiger partial charge in [-0.2, -0.15) is 4.89 Å². The van der Waals surface area contributed by atoms with E-state index < -0.39 is 0 Å². The van der Waals surface area contributed by atoms with Gasteiger partial charge in [0.25, 0.3) is 0 Å². The van der Waals surface area contributed by atoms with E-state index in [1.54, 1.807) is 6.08 Å². The van der Waals surface area contributed by atoms with Gasteiger partial charge in [-0.1, -0.05) is 24.8 Å². The number of hydrogen-bond acceptors (Lipinski definition) is 2.